The standard InChI is InChI=1S/C15H24O3/c1-17-14(5-2-6-14)11-13(16)12-4-9-18-15(10-12)7-3-8-15/h12H,2-11H2,1H3. The first-order valence-corrected chi connectivity index (χ1v) is 7.39. The summed E-state index contributed by atoms with van der Waals surface area (Å²) in [7, 11) is 1.75. The van der Waals surface area contributed by atoms with E-state index in [4.69, 9.17) is 9.47 Å². The van der Waals surface area contributed by atoms with Crippen LogP contribution >= 0.6 is 0 Å². The molecule has 18 heavy (non-hydrogen) atoms. The maximum absolute atomic E-state index is 12.5. The molecule has 3 nitrogen and oxygen atoms in total. The Labute approximate surface area is 109 Å². The van der Waals surface area contributed by atoms with E-state index in [2.05, 4.69) is 0 Å². The fourth-order valence-electron chi connectivity index (χ4n) is 3.71. The Morgan fingerprint density at radius 3 is 2.50 bits per heavy atom. The van der Waals surface area contributed by atoms with Crippen molar-refractivity contribution >= 4 is 5.78 Å². The lowest BCUT2D eigenvalue weighted by molar-refractivity contribution is -0.161. The number of methoxy groups -OCH3 is 1. The van der Waals surface area contributed by atoms with Gasteiger partial charge in [-0.15, -0.1) is 0 Å². The van der Waals surface area contributed by atoms with Crippen molar-refractivity contribution in [2.75, 3.05) is 13.7 Å². The lowest BCUT2D eigenvalue weighted by Crippen LogP contribution is -2.49. The van der Waals surface area contributed by atoms with Crippen molar-refractivity contribution in [2.24, 2.45) is 5.92 Å². The van der Waals surface area contributed by atoms with E-state index in [9.17, 15) is 4.79 Å². The molecule has 1 spiro atoms. The van der Waals surface area contributed by atoms with Crippen molar-refractivity contribution in [3.05, 3.63) is 0 Å². The minimum Gasteiger partial charge on any atom is -0.378 e. The Kier molecular flexibility index (Phi) is 3.23. The number of hydrogen-bond donors (Lipinski definition) is 0. The van der Waals surface area contributed by atoms with Gasteiger partial charge in [-0.1, -0.05) is 0 Å². The van der Waals surface area contributed by atoms with Gasteiger partial charge < -0.3 is 9.47 Å². The van der Waals surface area contributed by atoms with Crippen LogP contribution in [-0.2, 0) is 14.3 Å². The van der Waals surface area contributed by atoms with Crippen LogP contribution in [0.4, 0.5) is 0 Å². The van der Waals surface area contributed by atoms with E-state index in [-0.39, 0.29) is 17.1 Å². The lowest BCUT2D eigenvalue weighted by Gasteiger charge is -2.47. The largest absolute Gasteiger partial charge is 0.378 e. The van der Waals surface area contributed by atoms with Crippen LogP contribution in [-0.4, -0.2) is 30.7 Å². The van der Waals surface area contributed by atoms with Gasteiger partial charge in [-0.25, -0.2) is 0 Å². The number of ketones is 1. The van der Waals surface area contributed by atoms with Crippen LogP contribution in [0.1, 0.15) is 57.8 Å². The first-order chi connectivity index (χ1) is 8.67. The van der Waals surface area contributed by atoms with Gasteiger partial charge in [0.05, 0.1) is 11.2 Å². The highest BCUT2D eigenvalue weighted by Crippen LogP contribution is 2.46. The van der Waals surface area contributed by atoms with Crippen LogP contribution in [0.3, 0.4) is 0 Å². The van der Waals surface area contributed by atoms with Gasteiger partial charge >= 0.3 is 0 Å². The first kappa shape index (κ1) is 12.6. The van der Waals surface area contributed by atoms with E-state index >= 15 is 0 Å². The average molecular weight is 252 g/mol. The molecule has 3 aliphatic rings. The summed E-state index contributed by atoms with van der Waals surface area (Å²) in [5.74, 6) is 0.651. The number of Topliss-reactive ketones (excluding diaryl/α,β-unsaturated/α-hetero) is 1. The Bertz CT molecular complexity index is 323. The molecule has 2 saturated carbocycles. The highest BCUT2D eigenvalue weighted by atomic mass is 16.5. The van der Waals surface area contributed by atoms with Crippen molar-refractivity contribution in [1.82, 2.24) is 0 Å². The molecule has 2 aliphatic carbocycles. The van der Waals surface area contributed by atoms with Gasteiger partial charge in [0.1, 0.15) is 5.78 Å². The lowest BCUT2D eigenvalue weighted by atomic mass is 9.68. The zero-order valence-corrected chi connectivity index (χ0v) is 11.4. The summed E-state index contributed by atoms with van der Waals surface area (Å²) in [5.41, 5.74) is -0.0272. The molecule has 0 bridgehead atoms. The fourth-order valence-corrected chi connectivity index (χ4v) is 3.71. The SMILES string of the molecule is COC1(CC(=O)C2CCOC3(CCC3)C2)CCC1. The van der Waals surface area contributed by atoms with Crippen molar-refractivity contribution in [3.8, 4) is 0 Å². The fraction of sp³-hybridized carbons (Fsp3) is 0.933. The summed E-state index contributed by atoms with van der Waals surface area (Å²) >= 11 is 0. The van der Waals surface area contributed by atoms with E-state index < -0.39 is 0 Å². The highest BCUT2D eigenvalue weighted by Gasteiger charge is 2.46. The third-order valence-corrected chi connectivity index (χ3v) is 5.41. The summed E-state index contributed by atoms with van der Waals surface area (Å²) in [6.07, 6.45) is 9.42. The van der Waals surface area contributed by atoms with Gasteiger partial charge in [0.15, 0.2) is 0 Å². The van der Waals surface area contributed by atoms with Gasteiger partial charge in [-0.3, -0.25) is 4.79 Å². The molecule has 3 fully saturated rings. The summed E-state index contributed by atoms with van der Waals surface area (Å²) < 4.78 is 11.5. The third kappa shape index (κ3) is 2.12. The molecule has 1 unspecified atom stereocenters. The summed E-state index contributed by atoms with van der Waals surface area (Å²) in [6.45, 7) is 0.774. The molecule has 1 atom stereocenters. The molecule has 0 radical (unpaired) electrons. The van der Waals surface area contributed by atoms with Crippen molar-refractivity contribution in [2.45, 2.75) is 69.0 Å². The quantitative estimate of drug-likeness (QED) is 0.771. The van der Waals surface area contributed by atoms with E-state index in [1.54, 1.807) is 7.11 Å². The summed E-state index contributed by atoms with van der Waals surface area (Å²) in [5, 5.41) is 0. The Morgan fingerprint density at radius 2 is 2.00 bits per heavy atom. The normalized spacial score (nSPS) is 32.6. The second-order valence-corrected chi connectivity index (χ2v) is 6.46. The molecule has 1 aliphatic heterocycles. The average Bonchev–Trinajstić information content (AvgIpc) is 2.32. The monoisotopic (exact) mass is 252 g/mol. The number of carbonyl (C=O) groups excluding carboxylic acids is 1. The van der Waals surface area contributed by atoms with E-state index in [0.29, 0.717) is 12.2 Å². The number of hydrogen-bond acceptors (Lipinski definition) is 3. The smallest absolute Gasteiger partial charge is 0.139 e. The predicted octanol–water partition coefficient (Wildman–Crippen LogP) is 2.86. The van der Waals surface area contributed by atoms with Crippen LogP contribution in [0.5, 0.6) is 0 Å². The molecule has 1 heterocycles. The summed E-state index contributed by atoms with van der Waals surface area (Å²) in [6, 6.07) is 0. The van der Waals surface area contributed by atoms with Gasteiger partial charge in [0.2, 0.25) is 0 Å². The molecule has 3 heteroatoms. The molecule has 0 aromatic heterocycles. The van der Waals surface area contributed by atoms with Crippen LogP contribution in [0.2, 0.25) is 0 Å². The number of carbonyl (C=O) groups is 1. The molecule has 3 rings (SSSR count). The maximum atomic E-state index is 12.5. The van der Waals surface area contributed by atoms with Crippen LogP contribution in [0, 0.1) is 5.92 Å². The molecule has 0 amide bonds. The van der Waals surface area contributed by atoms with E-state index in [1.807, 2.05) is 0 Å². The molecule has 102 valence electrons. The Balaban J connectivity index is 1.58. The topological polar surface area (TPSA) is 35.5 Å². The molecule has 1 saturated heterocycles. The third-order valence-electron chi connectivity index (χ3n) is 5.41. The van der Waals surface area contributed by atoms with Crippen LogP contribution in [0.15, 0.2) is 0 Å². The molecular formula is C15H24O3. The Hall–Kier alpha value is -0.410. The molecule has 0 aromatic rings. The van der Waals surface area contributed by atoms with E-state index in [1.165, 1.54) is 12.8 Å². The predicted molar refractivity (Wildman–Crippen MR) is 68.5 cm³/mol. The zero-order chi connectivity index (χ0) is 12.6. The second kappa shape index (κ2) is 4.61. The highest BCUT2D eigenvalue weighted by molar-refractivity contribution is 5.82. The van der Waals surface area contributed by atoms with Gasteiger partial charge in [0, 0.05) is 26.1 Å². The molecule has 0 N–H and O–H groups in total. The number of ether oxygens (including phenoxy) is 2. The van der Waals surface area contributed by atoms with Gasteiger partial charge in [-0.05, 0) is 51.4 Å². The maximum Gasteiger partial charge on any atom is 0.139 e. The number of rotatable bonds is 4. The minimum atomic E-state index is -0.109. The van der Waals surface area contributed by atoms with Crippen molar-refractivity contribution in [3.63, 3.8) is 0 Å². The van der Waals surface area contributed by atoms with E-state index in [0.717, 1.165) is 45.1 Å². The van der Waals surface area contributed by atoms with Gasteiger partial charge in [-0.2, -0.15) is 0 Å². The molecular weight excluding hydrogens is 228 g/mol. The summed E-state index contributed by atoms with van der Waals surface area (Å²) in [4.78, 5) is 12.5. The zero-order valence-electron chi connectivity index (χ0n) is 11.4. The van der Waals surface area contributed by atoms with Crippen LogP contribution < -0.4 is 0 Å². The molecule has 0 aromatic carbocycles. The first-order valence-electron chi connectivity index (χ1n) is 7.39. The second-order valence-electron chi connectivity index (χ2n) is 6.46. The Morgan fingerprint density at radius 1 is 1.28 bits per heavy atom. The minimum absolute atomic E-state index is 0.0818. The van der Waals surface area contributed by atoms with Crippen LogP contribution in [0.25, 0.3) is 0 Å². The van der Waals surface area contributed by atoms with Crippen molar-refractivity contribution in [1.29, 1.82) is 0 Å². The van der Waals surface area contributed by atoms with Crippen molar-refractivity contribution < 1.29 is 14.3 Å². The van der Waals surface area contributed by atoms with Gasteiger partial charge in [0.25, 0.3) is 0 Å².